The van der Waals surface area contributed by atoms with Crippen LogP contribution in [0.5, 0.6) is 0 Å². The number of aliphatic hydroxyl groups is 1. The van der Waals surface area contributed by atoms with Crippen LogP contribution in [0.25, 0.3) is 0 Å². The average Bonchev–Trinajstić information content (AvgIpc) is 2.21. The summed E-state index contributed by atoms with van der Waals surface area (Å²) < 4.78 is 1.07. The van der Waals surface area contributed by atoms with E-state index >= 15 is 0 Å². The molecule has 2 atom stereocenters. The zero-order valence-corrected chi connectivity index (χ0v) is 11.2. The SMILES string of the molecule is CCCC(C)C(O)c1ccc(C)c(Br)c1. The molecule has 84 valence electrons. The van der Waals surface area contributed by atoms with Crippen LogP contribution in [0.3, 0.4) is 0 Å². The number of benzene rings is 1. The molecule has 0 fully saturated rings. The van der Waals surface area contributed by atoms with E-state index in [9.17, 15) is 5.11 Å². The Bertz CT molecular complexity index is 322. The van der Waals surface area contributed by atoms with Gasteiger partial charge in [-0.05, 0) is 36.5 Å². The summed E-state index contributed by atoms with van der Waals surface area (Å²) >= 11 is 3.49. The molecule has 1 aromatic rings. The molecule has 1 rings (SSSR count). The molecule has 0 heterocycles. The summed E-state index contributed by atoms with van der Waals surface area (Å²) in [5, 5.41) is 10.1. The average molecular weight is 271 g/mol. The Kier molecular flexibility index (Phi) is 4.81. The maximum atomic E-state index is 10.1. The zero-order valence-electron chi connectivity index (χ0n) is 9.63. The van der Waals surface area contributed by atoms with E-state index in [-0.39, 0.29) is 6.10 Å². The van der Waals surface area contributed by atoms with Crippen molar-refractivity contribution in [1.29, 1.82) is 0 Å². The third-order valence-electron chi connectivity index (χ3n) is 2.82. The molecular weight excluding hydrogens is 252 g/mol. The molecule has 0 saturated carbocycles. The van der Waals surface area contributed by atoms with E-state index in [1.807, 2.05) is 18.2 Å². The Hall–Kier alpha value is -0.340. The van der Waals surface area contributed by atoms with Gasteiger partial charge in [0.15, 0.2) is 0 Å². The second-order valence-electron chi connectivity index (χ2n) is 4.22. The van der Waals surface area contributed by atoms with Gasteiger partial charge in [0.1, 0.15) is 0 Å². The highest BCUT2D eigenvalue weighted by atomic mass is 79.9. The third kappa shape index (κ3) is 3.32. The van der Waals surface area contributed by atoms with Crippen molar-refractivity contribution in [3.05, 3.63) is 33.8 Å². The van der Waals surface area contributed by atoms with Gasteiger partial charge >= 0.3 is 0 Å². The predicted molar refractivity (Wildman–Crippen MR) is 67.9 cm³/mol. The first-order chi connectivity index (χ1) is 7.06. The van der Waals surface area contributed by atoms with Crippen LogP contribution in [0.15, 0.2) is 22.7 Å². The van der Waals surface area contributed by atoms with Gasteiger partial charge in [-0.2, -0.15) is 0 Å². The largest absolute Gasteiger partial charge is 0.388 e. The second-order valence-corrected chi connectivity index (χ2v) is 5.07. The van der Waals surface area contributed by atoms with Crippen LogP contribution in [-0.4, -0.2) is 5.11 Å². The van der Waals surface area contributed by atoms with Gasteiger partial charge in [-0.25, -0.2) is 0 Å². The van der Waals surface area contributed by atoms with Crippen molar-refractivity contribution in [2.45, 2.75) is 39.7 Å². The molecule has 0 aliphatic rings. The first-order valence-corrected chi connectivity index (χ1v) is 6.29. The minimum Gasteiger partial charge on any atom is -0.388 e. The summed E-state index contributed by atoms with van der Waals surface area (Å²) in [5.74, 6) is 0.324. The quantitative estimate of drug-likeness (QED) is 0.869. The van der Waals surface area contributed by atoms with Crippen molar-refractivity contribution >= 4 is 15.9 Å². The molecule has 0 aliphatic carbocycles. The van der Waals surface area contributed by atoms with E-state index in [1.165, 1.54) is 5.56 Å². The van der Waals surface area contributed by atoms with Gasteiger partial charge in [0, 0.05) is 4.47 Å². The van der Waals surface area contributed by atoms with E-state index in [2.05, 4.69) is 36.7 Å². The first kappa shape index (κ1) is 12.7. The van der Waals surface area contributed by atoms with Crippen LogP contribution >= 0.6 is 15.9 Å². The molecule has 0 spiro atoms. The fourth-order valence-corrected chi connectivity index (χ4v) is 2.13. The van der Waals surface area contributed by atoms with Crippen molar-refractivity contribution in [3.63, 3.8) is 0 Å². The van der Waals surface area contributed by atoms with Crippen LogP contribution in [-0.2, 0) is 0 Å². The van der Waals surface area contributed by atoms with Gasteiger partial charge in [0.05, 0.1) is 6.10 Å². The molecule has 0 amide bonds. The summed E-state index contributed by atoms with van der Waals surface area (Å²) in [6, 6.07) is 6.07. The number of hydrogen-bond donors (Lipinski definition) is 1. The van der Waals surface area contributed by atoms with Gasteiger partial charge in [-0.15, -0.1) is 0 Å². The number of hydrogen-bond acceptors (Lipinski definition) is 1. The summed E-state index contributed by atoms with van der Waals surface area (Å²) in [5.41, 5.74) is 2.21. The van der Waals surface area contributed by atoms with E-state index in [0.29, 0.717) is 5.92 Å². The molecule has 0 bridgehead atoms. The Morgan fingerprint density at radius 1 is 1.40 bits per heavy atom. The third-order valence-corrected chi connectivity index (χ3v) is 3.67. The highest BCUT2D eigenvalue weighted by molar-refractivity contribution is 9.10. The van der Waals surface area contributed by atoms with Crippen LogP contribution in [0.4, 0.5) is 0 Å². The zero-order chi connectivity index (χ0) is 11.4. The standard InChI is InChI=1S/C13H19BrO/c1-4-5-10(3)13(15)11-7-6-9(2)12(14)8-11/h6-8,10,13,15H,4-5H2,1-3H3. The lowest BCUT2D eigenvalue weighted by atomic mass is 9.93. The molecule has 15 heavy (non-hydrogen) atoms. The smallest absolute Gasteiger partial charge is 0.0815 e. The normalized spacial score (nSPS) is 15.0. The van der Waals surface area contributed by atoms with Crippen molar-refractivity contribution in [2.24, 2.45) is 5.92 Å². The fourth-order valence-electron chi connectivity index (χ4n) is 1.73. The Morgan fingerprint density at radius 3 is 2.60 bits per heavy atom. The van der Waals surface area contributed by atoms with Crippen molar-refractivity contribution in [1.82, 2.24) is 0 Å². The number of aliphatic hydroxyl groups excluding tert-OH is 1. The lowest BCUT2D eigenvalue weighted by molar-refractivity contribution is 0.112. The van der Waals surface area contributed by atoms with Crippen molar-refractivity contribution < 1.29 is 5.11 Å². The van der Waals surface area contributed by atoms with Crippen LogP contribution in [0, 0.1) is 12.8 Å². The highest BCUT2D eigenvalue weighted by Crippen LogP contribution is 2.28. The molecule has 0 aliphatic heterocycles. The van der Waals surface area contributed by atoms with E-state index in [1.54, 1.807) is 0 Å². The highest BCUT2D eigenvalue weighted by Gasteiger charge is 2.15. The molecule has 2 heteroatoms. The number of aryl methyl sites for hydroxylation is 1. The van der Waals surface area contributed by atoms with Crippen LogP contribution < -0.4 is 0 Å². The number of rotatable bonds is 4. The molecule has 1 nitrogen and oxygen atoms in total. The summed E-state index contributed by atoms with van der Waals surface area (Å²) in [7, 11) is 0. The molecule has 0 saturated heterocycles. The first-order valence-electron chi connectivity index (χ1n) is 5.50. The molecule has 1 aromatic carbocycles. The molecule has 2 unspecified atom stereocenters. The van der Waals surface area contributed by atoms with Crippen molar-refractivity contribution in [3.8, 4) is 0 Å². The van der Waals surface area contributed by atoms with E-state index < -0.39 is 0 Å². The summed E-state index contributed by atoms with van der Waals surface area (Å²) in [4.78, 5) is 0. The lowest BCUT2D eigenvalue weighted by Crippen LogP contribution is -2.09. The molecule has 0 aromatic heterocycles. The van der Waals surface area contributed by atoms with Crippen LogP contribution in [0.1, 0.15) is 43.9 Å². The maximum absolute atomic E-state index is 10.1. The molecule has 0 radical (unpaired) electrons. The Balaban J connectivity index is 2.81. The summed E-state index contributed by atoms with van der Waals surface area (Å²) in [6.45, 7) is 6.30. The minimum atomic E-state index is -0.346. The minimum absolute atomic E-state index is 0.324. The van der Waals surface area contributed by atoms with Gasteiger partial charge < -0.3 is 5.11 Å². The summed E-state index contributed by atoms with van der Waals surface area (Å²) in [6.07, 6.45) is 1.83. The molecule has 1 N–H and O–H groups in total. The van der Waals surface area contributed by atoms with Gasteiger partial charge in [0.2, 0.25) is 0 Å². The fraction of sp³-hybridized carbons (Fsp3) is 0.538. The predicted octanol–water partition coefficient (Wildman–Crippen LogP) is 4.23. The van der Waals surface area contributed by atoms with Gasteiger partial charge in [-0.1, -0.05) is 48.3 Å². The number of halogens is 1. The van der Waals surface area contributed by atoms with Gasteiger partial charge in [0.25, 0.3) is 0 Å². The Labute approximate surface area is 101 Å². The lowest BCUT2D eigenvalue weighted by Gasteiger charge is -2.19. The monoisotopic (exact) mass is 270 g/mol. The van der Waals surface area contributed by atoms with E-state index in [0.717, 1.165) is 22.9 Å². The Morgan fingerprint density at radius 2 is 2.07 bits per heavy atom. The maximum Gasteiger partial charge on any atom is 0.0815 e. The van der Waals surface area contributed by atoms with Crippen LogP contribution in [0.2, 0.25) is 0 Å². The second kappa shape index (κ2) is 5.66. The molecular formula is C13H19BrO. The van der Waals surface area contributed by atoms with E-state index in [4.69, 9.17) is 0 Å². The topological polar surface area (TPSA) is 20.2 Å². The van der Waals surface area contributed by atoms with Gasteiger partial charge in [-0.3, -0.25) is 0 Å². The van der Waals surface area contributed by atoms with Crippen molar-refractivity contribution in [2.75, 3.05) is 0 Å².